The zero-order valence-corrected chi connectivity index (χ0v) is 11.9. The van der Waals surface area contributed by atoms with Crippen molar-refractivity contribution in [1.29, 1.82) is 0 Å². The zero-order chi connectivity index (χ0) is 14.1. The first-order valence-electron chi connectivity index (χ1n) is 5.80. The van der Waals surface area contributed by atoms with Crippen LogP contribution in [0.25, 0.3) is 0 Å². The van der Waals surface area contributed by atoms with E-state index in [0.717, 1.165) is 12.2 Å². The van der Waals surface area contributed by atoms with E-state index in [2.05, 4.69) is 5.32 Å². The second-order valence-electron chi connectivity index (χ2n) is 4.09. The maximum absolute atomic E-state index is 11.8. The standard InChI is InChI=1S/C11H22N2O4S/c1-8(5-7-18-3)13(2)11(17)12-9(4-6-14)10(15)16/h8-9,14H,4-7H2,1-3H3,(H,12,17)(H,15,16)/t8?,9-/m0/s1. The lowest BCUT2D eigenvalue weighted by Gasteiger charge is -2.26. The van der Waals surface area contributed by atoms with Crippen molar-refractivity contribution in [1.82, 2.24) is 10.2 Å². The predicted molar refractivity (Wildman–Crippen MR) is 71.9 cm³/mol. The largest absolute Gasteiger partial charge is 0.480 e. The Morgan fingerprint density at radius 3 is 2.44 bits per heavy atom. The number of nitrogens with zero attached hydrogens (tertiary/aromatic N) is 1. The zero-order valence-electron chi connectivity index (χ0n) is 11.0. The molecule has 0 rings (SSSR count). The van der Waals surface area contributed by atoms with E-state index in [-0.39, 0.29) is 19.1 Å². The van der Waals surface area contributed by atoms with E-state index < -0.39 is 18.0 Å². The maximum Gasteiger partial charge on any atom is 0.326 e. The highest BCUT2D eigenvalue weighted by Gasteiger charge is 2.23. The molecule has 7 heteroatoms. The minimum atomic E-state index is -1.14. The number of hydrogen-bond acceptors (Lipinski definition) is 4. The number of hydrogen-bond donors (Lipinski definition) is 3. The number of amides is 2. The van der Waals surface area contributed by atoms with E-state index in [1.807, 2.05) is 13.2 Å². The van der Waals surface area contributed by atoms with E-state index in [0.29, 0.717) is 0 Å². The van der Waals surface area contributed by atoms with Crippen LogP contribution in [0.1, 0.15) is 19.8 Å². The number of carbonyl (C=O) groups excluding carboxylic acids is 1. The van der Waals surface area contributed by atoms with Crippen LogP contribution in [-0.4, -0.2) is 64.9 Å². The number of aliphatic hydroxyl groups is 1. The van der Waals surface area contributed by atoms with E-state index in [1.54, 1.807) is 18.8 Å². The molecule has 1 unspecified atom stereocenters. The fourth-order valence-corrected chi connectivity index (χ4v) is 1.90. The van der Waals surface area contributed by atoms with Crippen LogP contribution >= 0.6 is 11.8 Å². The van der Waals surface area contributed by atoms with Crippen LogP contribution in [0.15, 0.2) is 0 Å². The van der Waals surface area contributed by atoms with Crippen molar-refractivity contribution < 1.29 is 19.8 Å². The van der Waals surface area contributed by atoms with Crippen LogP contribution in [0.5, 0.6) is 0 Å². The summed E-state index contributed by atoms with van der Waals surface area (Å²) in [6.07, 6.45) is 2.85. The third kappa shape index (κ3) is 6.11. The van der Waals surface area contributed by atoms with Gasteiger partial charge in [0.05, 0.1) is 0 Å². The summed E-state index contributed by atoms with van der Waals surface area (Å²) in [7, 11) is 1.64. The lowest BCUT2D eigenvalue weighted by atomic mass is 10.2. The molecule has 18 heavy (non-hydrogen) atoms. The topological polar surface area (TPSA) is 89.9 Å². The van der Waals surface area contributed by atoms with Gasteiger partial charge in [0.25, 0.3) is 0 Å². The summed E-state index contributed by atoms with van der Waals surface area (Å²) in [6.45, 7) is 1.64. The molecule has 0 radical (unpaired) electrons. The fraction of sp³-hybridized carbons (Fsp3) is 0.818. The number of urea groups is 1. The minimum absolute atomic E-state index is 0.00804. The van der Waals surface area contributed by atoms with Crippen LogP contribution < -0.4 is 5.32 Å². The molecule has 2 amide bonds. The Hall–Kier alpha value is -0.950. The fourth-order valence-electron chi connectivity index (χ4n) is 1.32. The van der Waals surface area contributed by atoms with Crippen molar-refractivity contribution in [3.05, 3.63) is 0 Å². The lowest BCUT2D eigenvalue weighted by Crippen LogP contribution is -2.49. The number of carboxylic acid groups (broad SMARTS) is 1. The molecule has 0 aliphatic carbocycles. The Labute approximate surface area is 112 Å². The van der Waals surface area contributed by atoms with Crippen molar-refractivity contribution in [3.63, 3.8) is 0 Å². The van der Waals surface area contributed by atoms with Gasteiger partial charge in [-0.05, 0) is 25.4 Å². The molecule has 2 atom stereocenters. The minimum Gasteiger partial charge on any atom is -0.480 e. The van der Waals surface area contributed by atoms with Gasteiger partial charge in [0.1, 0.15) is 6.04 Å². The average molecular weight is 278 g/mol. The average Bonchev–Trinajstić information content (AvgIpc) is 2.33. The molecule has 106 valence electrons. The van der Waals surface area contributed by atoms with Gasteiger partial charge in [0.15, 0.2) is 0 Å². The number of carbonyl (C=O) groups is 2. The number of aliphatic carboxylic acids is 1. The van der Waals surface area contributed by atoms with Crippen molar-refractivity contribution in [2.45, 2.75) is 31.8 Å². The van der Waals surface area contributed by atoms with Gasteiger partial charge in [-0.25, -0.2) is 9.59 Å². The molecular weight excluding hydrogens is 256 g/mol. The molecule has 0 saturated heterocycles. The van der Waals surface area contributed by atoms with Crippen LogP contribution in [-0.2, 0) is 4.79 Å². The van der Waals surface area contributed by atoms with Gasteiger partial charge in [0, 0.05) is 26.1 Å². The Balaban J connectivity index is 4.31. The number of carboxylic acids is 1. The summed E-state index contributed by atoms with van der Waals surface area (Å²) >= 11 is 1.70. The van der Waals surface area contributed by atoms with Gasteiger partial charge >= 0.3 is 12.0 Å². The van der Waals surface area contributed by atoms with Gasteiger partial charge in [-0.3, -0.25) is 0 Å². The second-order valence-corrected chi connectivity index (χ2v) is 5.08. The Morgan fingerprint density at radius 1 is 1.39 bits per heavy atom. The van der Waals surface area contributed by atoms with Gasteiger partial charge in [-0.1, -0.05) is 0 Å². The van der Waals surface area contributed by atoms with Gasteiger partial charge in [-0.2, -0.15) is 11.8 Å². The quantitative estimate of drug-likeness (QED) is 0.605. The molecule has 0 spiro atoms. The molecule has 6 nitrogen and oxygen atoms in total. The first kappa shape index (κ1) is 17.1. The highest BCUT2D eigenvalue weighted by molar-refractivity contribution is 7.98. The summed E-state index contributed by atoms with van der Waals surface area (Å²) < 4.78 is 0. The molecule has 0 aromatic carbocycles. The molecular formula is C11H22N2O4S. The van der Waals surface area contributed by atoms with Crippen molar-refractivity contribution in [2.75, 3.05) is 25.7 Å². The van der Waals surface area contributed by atoms with Gasteiger partial charge in [0.2, 0.25) is 0 Å². The monoisotopic (exact) mass is 278 g/mol. The third-order valence-electron chi connectivity index (χ3n) is 2.73. The number of thioether (sulfide) groups is 1. The Morgan fingerprint density at radius 2 is 2.00 bits per heavy atom. The third-order valence-corrected chi connectivity index (χ3v) is 3.38. The molecule has 0 saturated carbocycles. The maximum atomic E-state index is 11.8. The lowest BCUT2D eigenvalue weighted by molar-refractivity contribution is -0.139. The predicted octanol–water partition coefficient (Wildman–Crippen LogP) is 0.605. The van der Waals surface area contributed by atoms with E-state index in [1.165, 1.54) is 4.90 Å². The number of nitrogens with one attached hydrogen (secondary N) is 1. The van der Waals surface area contributed by atoms with Crippen LogP contribution in [0.4, 0.5) is 4.79 Å². The molecule has 0 aliphatic heterocycles. The van der Waals surface area contributed by atoms with Gasteiger partial charge in [-0.15, -0.1) is 0 Å². The first-order chi connectivity index (χ1) is 8.43. The van der Waals surface area contributed by atoms with Crippen molar-refractivity contribution >= 4 is 23.8 Å². The summed E-state index contributed by atoms with van der Waals surface area (Å²) in [5.41, 5.74) is 0. The summed E-state index contributed by atoms with van der Waals surface area (Å²) in [4.78, 5) is 24.1. The Bertz CT molecular complexity index is 276. The van der Waals surface area contributed by atoms with E-state index in [9.17, 15) is 9.59 Å². The van der Waals surface area contributed by atoms with Crippen LogP contribution in [0.3, 0.4) is 0 Å². The summed E-state index contributed by atoms with van der Waals surface area (Å²) in [6, 6.07) is -1.43. The van der Waals surface area contributed by atoms with E-state index >= 15 is 0 Å². The van der Waals surface area contributed by atoms with Crippen LogP contribution in [0.2, 0.25) is 0 Å². The van der Waals surface area contributed by atoms with Gasteiger partial charge < -0.3 is 20.4 Å². The highest BCUT2D eigenvalue weighted by atomic mass is 32.2. The molecule has 0 aromatic heterocycles. The summed E-state index contributed by atoms with van der Waals surface area (Å²) in [5, 5.41) is 20.0. The molecule has 0 aliphatic rings. The van der Waals surface area contributed by atoms with E-state index in [4.69, 9.17) is 10.2 Å². The molecule has 0 fully saturated rings. The SMILES string of the molecule is CSCCC(C)N(C)C(=O)N[C@@H](CCO)C(=O)O. The molecule has 0 aromatic rings. The first-order valence-corrected chi connectivity index (χ1v) is 7.19. The highest BCUT2D eigenvalue weighted by Crippen LogP contribution is 2.06. The molecule has 3 N–H and O–H groups in total. The van der Waals surface area contributed by atoms with Crippen molar-refractivity contribution in [3.8, 4) is 0 Å². The smallest absolute Gasteiger partial charge is 0.326 e. The van der Waals surface area contributed by atoms with Crippen LogP contribution in [0, 0.1) is 0 Å². The number of aliphatic hydroxyl groups excluding tert-OH is 1. The normalized spacial score (nSPS) is 13.8. The summed E-state index contributed by atoms with van der Waals surface area (Å²) in [5.74, 6) is -0.194. The van der Waals surface area contributed by atoms with Crippen molar-refractivity contribution in [2.24, 2.45) is 0 Å². The molecule has 0 heterocycles. The second kappa shape index (κ2) is 9.04. The number of rotatable bonds is 8. The molecule has 0 bridgehead atoms. The Kier molecular flexibility index (Phi) is 8.57.